The van der Waals surface area contributed by atoms with Crippen LogP contribution in [0.25, 0.3) is 0 Å². The fourth-order valence-electron chi connectivity index (χ4n) is 0.955. The summed E-state index contributed by atoms with van der Waals surface area (Å²) in [6.07, 6.45) is -4.55. The molecule has 0 aliphatic rings. The molecule has 0 aliphatic carbocycles. The van der Waals surface area contributed by atoms with Crippen molar-refractivity contribution in [3.8, 4) is 5.75 Å². The molecule has 3 nitrogen and oxygen atoms in total. The summed E-state index contributed by atoms with van der Waals surface area (Å²) in [4.78, 5) is 10.2. The van der Waals surface area contributed by atoms with E-state index in [-0.39, 0.29) is 10.8 Å². The molecule has 16 heavy (non-hydrogen) atoms. The highest BCUT2D eigenvalue weighted by Gasteiger charge is 2.31. The molecule has 0 aromatic heterocycles. The molecule has 0 atom stereocenters. The number of carbonyl (C=O) groups is 1. The van der Waals surface area contributed by atoms with Gasteiger partial charge in [-0.1, -0.05) is 11.6 Å². The fraction of sp³-hybridized carbons (Fsp3) is 0.222. The largest absolute Gasteiger partial charge is 0.482 e. The highest BCUT2D eigenvalue weighted by atomic mass is 35.5. The molecule has 0 bridgehead atoms. The summed E-state index contributed by atoms with van der Waals surface area (Å²) in [5.41, 5.74) is -0.986. The van der Waals surface area contributed by atoms with Crippen molar-refractivity contribution in [2.75, 3.05) is 6.61 Å². The summed E-state index contributed by atoms with van der Waals surface area (Å²) in [7, 11) is 0. The van der Waals surface area contributed by atoms with E-state index in [2.05, 4.69) is 4.74 Å². The van der Waals surface area contributed by atoms with Gasteiger partial charge in [0.1, 0.15) is 5.75 Å². The maximum absolute atomic E-state index is 12.3. The maximum Gasteiger partial charge on any atom is 0.416 e. The van der Waals surface area contributed by atoms with Gasteiger partial charge < -0.3 is 9.84 Å². The van der Waals surface area contributed by atoms with Gasteiger partial charge >= 0.3 is 12.1 Å². The fourth-order valence-corrected chi connectivity index (χ4v) is 1.18. The highest BCUT2D eigenvalue weighted by molar-refractivity contribution is 6.30. The Hall–Kier alpha value is -1.43. The van der Waals surface area contributed by atoms with Crippen LogP contribution in [0.1, 0.15) is 5.56 Å². The standard InChI is InChI=1S/C9H6ClF3O3/c10-6-1-5(9(11,12)13)2-7(3-6)16-4-8(14)15/h1-3H,4H2,(H,14,15). The molecule has 7 heteroatoms. The lowest BCUT2D eigenvalue weighted by molar-refractivity contribution is -0.139. The summed E-state index contributed by atoms with van der Waals surface area (Å²) in [5, 5.41) is 8.12. The predicted octanol–water partition coefficient (Wildman–Crippen LogP) is 2.82. The van der Waals surface area contributed by atoms with Crippen LogP contribution in [0.15, 0.2) is 18.2 Å². The summed E-state index contributed by atoms with van der Waals surface area (Å²) in [6, 6.07) is 2.53. The molecule has 0 amide bonds. The number of hydrogen-bond donors (Lipinski definition) is 1. The van der Waals surface area contributed by atoms with E-state index in [0.29, 0.717) is 6.07 Å². The Bertz CT molecular complexity index is 403. The molecule has 1 rings (SSSR count). The third-order valence-corrected chi connectivity index (χ3v) is 1.78. The van der Waals surface area contributed by atoms with Crippen molar-refractivity contribution in [3.63, 3.8) is 0 Å². The van der Waals surface area contributed by atoms with Crippen LogP contribution < -0.4 is 4.74 Å². The Balaban J connectivity index is 2.94. The number of ether oxygens (including phenoxy) is 1. The van der Waals surface area contributed by atoms with Crippen LogP contribution >= 0.6 is 11.6 Å². The molecule has 0 radical (unpaired) electrons. The number of rotatable bonds is 3. The number of hydrogen-bond acceptors (Lipinski definition) is 2. The number of alkyl halides is 3. The number of halogens is 4. The number of carboxylic acid groups (broad SMARTS) is 1. The first-order chi connectivity index (χ1) is 7.29. The smallest absolute Gasteiger partial charge is 0.416 e. The molecule has 0 spiro atoms. The molecular formula is C9H6ClF3O3. The van der Waals surface area contributed by atoms with Gasteiger partial charge in [-0.05, 0) is 18.2 Å². The van der Waals surface area contributed by atoms with Crippen molar-refractivity contribution < 1.29 is 27.8 Å². The van der Waals surface area contributed by atoms with E-state index >= 15 is 0 Å². The summed E-state index contributed by atoms with van der Waals surface area (Å²) >= 11 is 5.44. The second-order valence-electron chi connectivity index (χ2n) is 2.86. The topological polar surface area (TPSA) is 46.5 Å². The lowest BCUT2D eigenvalue weighted by Crippen LogP contribution is -2.10. The molecule has 1 aromatic rings. The molecular weight excluding hydrogens is 249 g/mol. The lowest BCUT2D eigenvalue weighted by atomic mass is 10.2. The molecule has 1 N–H and O–H groups in total. The first-order valence-corrected chi connectivity index (χ1v) is 4.39. The molecule has 0 saturated carbocycles. The minimum Gasteiger partial charge on any atom is -0.482 e. The minimum absolute atomic E-state index is 0.171. The van der Waals surface area contributed by atoms with Crippen LogP contribution in [0.5, 0.6) is 5.75 Å². The van der Waals surface area contributed by atoms with Crippen molar-refractivity contribution in [2.45, 2.75) is 6.18 Å². The van der Waals surface area contributed by atoms with Crippen molar-refractivity contribution in [1.82, 2.24) is 0 Å². The monoisotopic (exact) mass is 254 g/mol. The summed E-state index contributed by atoms with van der Waals surface area (Å²) < 4.78 is 41.5. The maximum atomic E-state index is 12.3. The Kier molecular flexibility index (Phi) is 3.64. The van der Waals surface area contributed by atoms with Crippen LogP contribution in [0.2, 0.25) is 5.02 Å². The number of aliphatic carboxylic acids is 1. The first kappa shape index (κ1) is 12.6. The normalized spacial score (nSPS) is 11.2. The molecule has 0 heterocycles. The third kappa shape index (κ3) is 3.62. The predicted molar refractivity (Wildman–Crippen MR) is 49.6 cm³/mol. The van der Waals surface area contributed by atoms with E-state index in [1.54, 1.807) is 0 Å². The van der Waals surface area contributed by atoms with Gasteiger partial charge in [0, 0.05) is 5.02 Å². The molecule has 1 aromatic carbocycles. The van der Waals surface area contributed by atoms with Crippen molar-refractivity contribution >= 4 is 17.6 Å². The van der Waals surface area contributed by atoms with E-state index in [0.717, 1.165) is 12.1 Å². The van der Waals surface area contributed by atoms with Crippen molar-refractivity contribution in [1.29, 1.82) is 0 Å². The zero-order valence-electron chi connectivity index (χ0n) is 7.71. The van der Waals surface area contributed by atoms with Gasteiger partial charge in [0.2, 0.25) is 0 Å². The van der Waals surface area contributed by atoms with Crippen LogP contribution in [0.4, 0.5) is 13.2 Å². The van der Waals surface area contributed by atoms with E-state index < -0.39 is 24.3 Å². The van der Waals surface area contributed by atoms with E-state index in [1.165, 1.54) is 0 Å². The van der Waals surface area contributed by atoms with Gasteiger partial charge in [-0.2, -0.15) is 13.2 Å². The zero-order chi connectivity index (χ0) is 12.3. The highest BCUT2D eigenvalue weighted by Crippen LogP contribution is 2.33. The van der Waals surface area contributed by atoms with Crippen LogP contribution in [-0.2, 0) is 11.0 Å². The van der Waals surface area contributed by atoms with Gasteiger partial charge in [-0.25, -0.2) is 4.79 Å². The van der Waals surface area contributed by atoms with E-state index in [9.17, 15) is 18.0 Å². The molecule has 88 valence electrons. The average Bonchev–Trinajstić information content (AvgIpc) is 2.12. The zero-order valence-corrected chi connectivity index (χ0v) is 8.47. The van der Waals surface area contributed by atoms with Gasteiger partial charge in [0.05, 0.1) is 5.56 Å². The second-order valence-corrected chi connectivity index (χ2v) is 3.29. The van der Waals surface area contributed by atoms with E-state index in [4.69, 9.17) is 16.7 Å². The minimum atomic E-state index is -4.55. The molecule has 0 unspecified atom stereocenters. The SMILES string of the molecule is O=C(O)COc1cc(Cl)cc(C(F)(F)F)c1. The third-order valence-electron chi connectivity index (χ3n) is 1.56. The Labute approximate surface area is 93.4 Å². The molecule has 0 aliphatic heterocycles. The van der Waals surface area contributed by atoms with Gasteiger partial charge in [-0.15, -0.1) is 0 Å². The van der Waals surface area contributed by atoms with Gasteiger partial charge in [0.15, 0.2) is 6.61 Å². The van der Waals surface area contributed by atoms with Gasteiger partial charge in [0.25, 0.3) is 0 Å². The second kappa shape index (κ2) is 4.61. The molecule has 0 saturated heterocycles. The number of benzene rings is 1. The lowest BCUT2D eigenvalue weighted by Gasteiger charge is -2.10. The summed E-state index contributed by atoms with van der Waals surface area (Å²) in [6.45, 7) is -0.725. The Morgan fingerprint density at radius 2 is 2.00 bits per heavy atom. The van der Waals surface area contributed by atoms with Gasteiger partial charge in [-0.3, -0.25) is 0 Å². The van der Waals surface area contributed by atoms with Crippen LogP contribution in [-0.4, -0.2) is 17.7 Å². The molecule has 0 fully saturated rings. The number of carboxylic acids is 1. The quantitative estimate of drug-likeness (QED) is 0.902. The van der Waals surface area contributed by atoms with E-state index in [1.807, 2.05) is 0 Å². The Morgan fingerprint density at radius 3 is 2.50 bits per heavy atom. The van der Waals surface area contributed by atoms with Crippen molar-refractivity contribution in [3.05, 3.63) is 28.8 Å². The van der Waals surface area contributed by atoms with Crippen LogP contribution in [0, 0.1) is 0 Å². The van der Waals surface area contributed by atoms with Crippen molar-refractivity contribution in [2.24, 2.45) is 0 Å². The first-order valence-electron chi connectivity index (χ1n) is 4.01. The van der Waals surface area contributed by atoms with Crippen LogP contribution in [0.3, 0.4) is 0 Å². The average molecular weight is 255 g/mol. The Morgan fingerprint density at radius 1 is 1.38 bits per heavy atom. The summed E-state index contributed by atoms with van der Waals surface area (Å²) in [5.74, 6) is -1.52.